The number of unbranched alkanes of at least 4 members (excludes halogenated alkanes) is 3. The van der Waals surface area contributed by atoms with Crippen molar-refractivity contribution >= 4 is 0 Å². The van der Waals surface area contributed by atoms with Crippen molar-refractivity contribution < 1.29 is 0 Å². The fourth-order valence-electron chi connectivity index (χ4n) is 1.77. The zero-order valence-corrected chi connectivity index (χ0v) is 9.34. The van der Waals surface area contributed by atoms with Gasteiger partial charge in [0.15, 0.2) is 0 Å². The van der Waals surface area contributed by atoms with Crippen molar-refractivity contribution in [1.82, 2.24) is 0 Å². The largest absolute Gasteiger partial charge is 0.0842 e. The quantitative estimate of drug-likeness (QED) is 0.547. The van der Waals surface area contributed by atoms with Crippen LogP contribution in [-0.2, 0) is 0 Å². The van der Waals surface area contributed by atoms with Crippen LogP contribution >= 0.6 is 0 Å². The first-order chi connectivity index (χ1) is 6.93. The first-order valence-corrected chi connectivity index (χ1v) is 5.94. The van der Waals surface area contributed by atoms with E-state index in [-0.39, 0.29) is 0 Å². The van der Waals surface area contributed by atoms with Crippen molar-refractivity contribution in [1.29, 1.82) is 0 Å². The predicted molar refractivity (Wildman–Crippen MR) is 64.4 cm³/mol. The Balaban J connectivity index is 2.22. The van der Waals surface area contributed by atoms with E-state index >= 15 is 0 Å². The van der Waals surface area contributed by atoms with Gasteiger partial charge in [0.05, 0.1) is 0 Å². The highest BCUT2D eigenvalue weighted by Gasteiger charge is 1.97. The zero-order chi connectivity index (χ0) is 10.1. The number of allylic oxidation sites excluding steroid dienone is 6. The summed E-state index contributed by atoms with van der Waals surface area (Å²) in [5.41, 5.74) is 1.63. The molecule has 0 atom stereocenters. The average molecular weight is 190 g/mol. The summed E-state index contributed by atoms with van der Waals surface area (Å²) < 4.78 is 0. The van der Waals surface area contributed by atoms with Crippen molar-refractivity contribution in [2.45, 2.75) is 51.9 Å². The van der Waals surface area contributed by atoms with Crippen LogP contribution in [0.4, 0.5) is 0 Å². The van der Waals surface area contributed by atoms with Crippen LogP contribution in [-0.4, -0.2) is 0 Å². The van der Waals surface area contributed by atoms with Gasteiger partial charge < -0.3 is 0 Å². The lowest BCUT2D eigenvalue weighted by Gasteiger charge is -2.06. The minimum atomic E-state index is 1.21. The molecule has 14 heavy (non-hydrogen) atoms. The Hall–Kier alpha value is -0.780. The summed E-state index contributed by atoms with van der Waals surface area (Å²) in [5, 5.41) is 0. The summed E-state index contributed by atoms with van der Waals surface area (Å²) in [5.74, 6) is 0. The third-order valence-electron chi connectivity index (χ3n) is 2.67. The van der Waals surface area contributed by atoms with Crippen molar-refractivity contribution in [2.24, 2.45) is 0 Å². The zero-order valence-electron chi connectivity index (χ0n) is 9.34. The van der Waals surface area contributed by atoms with Crippen molar-refractivity contribution in [2.75, 3.05) is 0 Å². The average Bonchev–Trinajstić information content (AvgIpc) is 2.15. The molecule has 0 bridgehead atoms. The van der Waals surface area contributed by atoms with Crippen LogP contribution in [0.5, 0.6) is 0 Å². The molecule has 0 saturated carbocycles. The van der Waals surface area contributed by atoms with E-state index in [1.54, 1.807) is 5.57 Å². The highest BCUT2D eigenvalue weighted by Crippen LogP contribution is 2.16. The van der Waals surface area contributed by atoms with Gasteiger partial charge in [-0.1, -0.05) is 62.1 Å². The lowest BCUT2D eigenvalue weighted by atomic mass is 10.0. The third kappa shape index (κ3) is 5.06. The molecule has 0 aliphatic heterocycles. The van der Waals surface area contributed by atoms with Crippen LogP contribution < -0.4 is 0 Å². The van der Waals surface area contributed by atoms with Gasteiger partial charge in [0.1, 0.15) is 0 Å². The molecule has 78 valence electrons. The van der Waals surface area contributed by atoms with E-state index in [1.807, 2.05) is 0 Å². The minimum absolute atomic E-state index is 1.21. The van der Waals surface area contributed by atoms with Gasteiger partial charge in [-0.15, -0.1) is 0 Å². The lowest BCUT2D eigenvalue weighted by Crippen LogP contribution is -1.86. The molecule has 1 aliphatic rings. The summed E-state index contributed by atoms with van der Waals surface area (Å²) in [7, 11) is 0. The smallest absolute Gasteiger partial charge is 0.0282 e. The van der Waals surface area contributed by atoms with E-state index < -0.39 is 0 Å². The Morgan fingerprint density at radius 3 is 2.86 bits per heavy atom. The van der Waals surface area contributed by atoms with Crippen molar-refractivity contribution in [3.8, 4) is 0 Å². The van der Waals surface area contributed by atoms with Gasteiger partial charge in [-0.05, 0) is 25.7 Å². The molecule has 0 aromatic carbocycles. The molecule has 0 unspecified atom stereocenters. The Bertz CT molecular complexity index is 218. The van der Waals surface area contributed by atoms with Gasteiger partial charge in [-0.25, -0.2) is 0 Å². The Morgan fingerprint density at radius 1 is 1.07 bits per heavy atom. The fourth-order valence-corrected chi connectivity index (χ4v) is 1.77. The molecule has 0 nitrogen and oxygen atoms in total. The summed E-state index contributed by atoms with van der Waals surface area (Å²) in [6, 6.07) is 0. The molecule has 0 spiro atoms. The molecule has 0 heterocycles. The normalized spacial score (nSPS) is 24.5. The second kappa shape index (κ2) is 7.61. The monoisotopic (exact) mass is 190 g/mol. The Labute approximate surface area is 88.4 Å². The topological polar surface area (TPSA) is 0 Å². The van der Waals surface area contributed by atoms with E-state index in [0.29, 0.717) is 0 Å². The maximum Gasteiger partial charge on any atom is -0.0282 e. The molecule has 0 heteroatoms. The lowest BCUT2D eigenvalue weighted by molar-refractivity contribution is 0.654. The van der Waals surface area contributed by atoms with E-state index in [4.69, 9.17) is 0 Å². The number of hydrogen-bond donors (Lipinski definition) is 0. The van der Waals surface area contributed by atoms with Crippen LogP contribution in [0.3, 0.4) is 0 Å². The second-order valence-corrected chi connectivity index (χ2v) is 3.99. The first-order valence-electron chi connectivity index (χ1n) is 5.94. The maximum atomic E-state index is 2.30. The van der Waals surface area contributed by atoms with Crippen LogP contribution in [0.2, 0.25) is 0 Å². The number of hydrogen-bond acceptors (Lipinski definition) is 0. The van der Waals surface area contributed by atoms with E-state index in [1.165, 1.54) is 44.9 Å². The summed E-state index contributed by atoms with van der Waals surface area (Å²) >= 11 is 0. The van der Waals surface area contributed by atoms with Crippen LogP contribution in [0.15, 0.2) is 36.0 Å². The molecule has 0 aromatic rings. The molecule has 0 saturated heterocycles. The third-order valence-corrected chi connectivity index (χ3v) is 2.67. The van der Waals surface area contributed by atoms with Gasteiger partial charge in [-0.3, -0.25) is 0 Å². The Morgan fingerprint density at radius 2 is 2.00 bits per heavy atom. The van der Waals surface area contributed by atoms with E-state index in [0.717, 1.165) is 0 Å². The van der Waals surface area contributed by atoms with Crippen molar-refractivity contribution in [3.63, 3.8) is 0 Å². The van der Waals surface area contributed by atoms with Crippen LogP contribution in [0.1, 0.15) is 51.9 Å². The second-order valence-electron chi connectivity index (χ2n) is 3.99. The predicted octanol–water partition coefficient (Wildman–Crippen LogP) is 4.79. The van der Waals surface area contributed by atoms with Gasteiger partial charge in [0.2, 0.25) is 0 Å². The summed E-state index contributed by atoms with van der Waals surface area (Å²) in [4.78, 5) is 0. The SMILES string of the molecule is CCCCCC/C1=C/C=C\C=C/CC1. The Kier molecular flexibility index (Phi) is 6.14. The molecule has 0 aromatic heterocycles. The molecule has 0 fully saturated rings. The summed E-state index contributed by atoms with van der Waals surface area (Å²) in [6.07, 6.45) is 20.3. The highest BCUT2D eigenvalue weighted by atomic mass is 14.0. The molecule has 0 N–H and O–H groups in total. The first kappa shape index (κ1) is 11.3. The molecular weight excluding hydrogens is 168 g/mol. The van der Waals surface area contributed by atoms with Crippen LogP contribution in [0.25, 0.3) is 0 Å². The van der Waals surface area contributed by atoms with Gasteiger partial charge in [0, 0.05) is 0 Å². The standard InChI is InChI=1S/C14H22/c1-2-3-4-8-11-14-12-9-6-5-7-10-13-14/h5-7,9,12H,2-4,8,10-11,13H2,1H3/b7-5-,9-6-,14-12-. The molecule has 0 radical (unpaired) electrons. The summed E-state index contributed by atoms with van der Waals surface area (Å²) in [6.45, 7) is 2.27. The molecule has 1 rings (SSSR count). The highest BCUT2D eigenvalue weighted by molar-refractivity contribution is 5.19. The van der Waals surface area contributed by atoms with Gasteiger partial charge in [-0.2, -0.15) is 0 Å². The molecule has 0 amide bonds. The number of rotatable bonds is 5. The fraction of sp³-hybridized carbons (Fsp3) is 0.571. The minimum Gasteiger partial charge on any atom is -0.0842 e. The maximum absolute atomic E-state index is 2.30. The van der Waals surface area contributed by atoms with Gasteiger partial charge >= 0.3 is 0 Å². The van der Waals surface area contributed by atoms with Gasteiger partial charge in [0.25, 0.3) is 0 Å². The molecule has 1 aliphatic carbocycles. The van der Waals surface area contributed by atoms with E-state index in [2.05, 4.69) is 37.3 Å². The van der Waals surface area contributed by atoms with E-state index in [9.17, 15) is 0 Å². The van der Waals surface area contributed by atoms with Crippen LogP contribution in [0, 0.1) is 0 Å². The molecular formula is C14H22. The van der Waals surface area contributed by atoms with Crippen molar-refractivity contribution in [3.05, 3.63) is 36.0 Å².